The van der Waals surface area contributed by atoms with Gasteiger partial charge in [0.1, 0.15) is 13.2 Å². The molecule has 2 atom stereocenters. The molecule has 0 saturated heterocycles. The molecule has 0 aromatic heterocycles. The minimum Gasteiger partial charge on any atom is -0.477 e. The summed E-state index contributed by atoms with van der Waals surface area (Å²) in [6.07, 6.45) is 134. The van der Waals surface area contributed by atoms with Gasteiger partial charge in [0.15, 0.2) is 6.10 Å². The maximum absolute atomic E-state index is 13.0. The van der Waals surface area contributed by atoms with E-state index in [1.807, 2.05) is 21.1 Å². The summed E-state index contributed by atoms with van der Waals surface area (Å²) in [5.41, 5.74) is 0. The van der Waals surface area contributed by atoms with Crippen LogP contribution in [0.1, 0.15) is 284 Å². The highest BCUT2D eigenvalue weighted by atomic mass is 16.7. The van der Waals surface area contributed by atoms with Gasteiger partial charge in [-0.1, -0.05) is 353 Å². The summed E-state index contributed by atoms with van der Waals surface area (Å²) in [7, 11) is 5.96. The summed E-state index contributed by atoms with van der Waals surface area (Å²) in [4.78, 5) is 37.8. The second-order valence-corrected chi connectivity index (χ2v) is 28.0. The number of quaternary nitrogens is 1. The predicted molar refractivity (Wildman–Crippen MR) is 464 cm³/mol. The second-order valence-electron chi connectivity index (χ2n) is 28.0. The van der Waals surface area contributed by atoms with Gasteiger partial charge in [0.25, 0.3) is 6.29 Å². The number of hydrogen-bond donors (Lipinski definition) is 1. The van der Waals surface area contributed by atoms with Crippen LogP contribution in [0.15, 0.2) is 255 Å². The maximum atomic E-state index is 13.0. The zero-order valence-electron chi connectivity index (χ0n) is 68.2. The molecule has 9 nitrogen and oxygen atoms in total. The highest BCUT2D eigenvalue weighted by molar-refractivity contribution is 5.71. The number of carbonyl (C=O) groups excluding carboxylic acids is 2. The first-order chi connectivity index (χ1) is 52.6. The third kappa shape index (κ3) is 86.0. The Bertz CT molecular complexity index is 2730. The molecule has 0 aromatic carbocycles. The Kier molecular flexibility index (Phi) is 78.8. The van der Waals surface area contributed by atoms with Crippen molar-refractivity contribution in [1.82, 2.24) is 0 Å². The minimum atomic E-state index is -1.53. The monoisotopic (exact) mass is 1470 g/mol. The summed E-state index contributed by atoms with van der Waals surface area (Å²) in [6, 6.07) is 0. The van der Waals surface area contributed by atoms with Gasteiger partial charge in [0.2, 0.25) is 0 Å². The van der Waals surface area contributed by atoms with Crippen LogP contribution in [0.2, 0.25) is 0 Å². The largest absolute Gasteiger partial charge is 0.477 e. The molecule has 2 unspecified atom stereocenters. The van der Waals surface area contributed by atoms with E-state index in [9.17, 15) is 19.5 Å². The molecule has 0 heterocycles. The predicted octanol–water partition coefficient (Wildman–Crippen LogP) is 27.7. The molecule has 0 aliphatic carbocycles. The molecule has 0 radical (unpaired) electrons. The molecule has 0 aliphatic rings. The van der Waals surface area contributed by atoms with E-state index in [2.05, 4.69) is 269 Å². The van der Waals surface area contributed by atoms with Crippen LogP contribution in [0.25, 0.3) is 0 Å². The molecule has 1 N–H and O–H groups in total. The molecule has 0 amide bonds. The van der Waals surface area contributed by atoms with Gasteiger partial charge in [0.05, 0.1) is 34.4 Å². The van der Waals surface area contributed by atoms with E-state index in [4.69, 9.17) is 18.9 Å². The number of allylic oxidation sites excluding steroid dienone is 42. The van der Waals surface area contributed by atoms with Gasteiger partial charge in [-0.05, 0) is 173 Å². The zero-order valence-corrected chi connectivity index (χ0v) is 68.2. The molecule has 0 saturated carbocycles. The summed E-state index contributed by atoms with van der Waals surface area (Å²) >= 11 is 0. The lowest BCUT2D eigenvalue weighted by atomic mass is 10.1. The molecular weight excluding hydrogens is 1320 g/mol. The van der Waals surface area contributed by atoms with Gasteiger partial charge in [0, 0.05) is 12.8 Å². The quantitative estimate of drug-likeness (QED) is 0.0211. The molecular formula is C98H152NO8+. The molecule has 0 rings (SSSR count). The van der Waals surface area contributed by atoms with Crippen LogP contribution in [0.3, 0.4) is 0 Å². The van der Waals surface area contributed by atoms with Crippen LogP contribution in [-0.4, -0.2) is 87.4 Å². The molecule has 107 heavy (non-hydrogen) atoms. The average Bonchev–Trinajstić information content (AvgIpc) is 0.965. The Hall–Kier alpha value is -7.17. The number of carbonyl (C=O) groups is 3. The van der Waals surface area contributed by atoms with Crippen molar-refractivity contribution in [3.05, 3.63) is 255 Å². The highest BCUT2D eigenvalue weighted by Crippen LogP contribution is 2.16. The lowest BCUT2D eigenvalue weighted by Crippen LogP contribution is -2.40. The number of hydrogen-bond acceptors (Lipinski definition) is 7. The first kappa shape index (κ1) is 99.8. The van der Waals surface area contributed by atoms with Gasteiger partial charge in [-0.3, -0.25) is 9.59 Å². The van der Waals surface area contributed by atoms with Gasteiger partial charge >= 0.3 is 17.9 Å². The van der Waals surface area contributed by atoms with Gasteiger partial charge in [-0.2, -0.15) is 0 Å². The minimum absolute atomic E-state index is 0.172. The normalized spacial score (nSPS) is 14.0. The fourth-order valence-corrected chi connectivity index (χ4v) is 10.5. The van der Waals surface area contributed by atoms with Crippen LogP contribution >= 0.6 is 0 Å². The number of rotatable bonds is 74. The topological polar surface area (TPSA) is 108 Å². The lowest BCUT2D eigenvalue weighted by Gasteiger charge is -2.25. The van der Waals surface area contributed by atoms with E-state index in [-0.39, 0.29) is 38.6 Å². The van der Waals surface area contributed by atoms with E-state index in [0.717, 1.165) is 193 Å². The maximum Gasteiger partial charge on any atom is 0.361 e. The Labute approximate surface area is 655 Å². The van der Waals surface area contributed by atoms with Crippen molar-refractivity contribution < 1.29 is 42.9 Å². The highest BCUT2D eigenvalue weighted by Gasteiger charge is 2.25. The average molecular weight is 1470 g/mol. The van der Waals surface area contributed by atoms with E-state index >= 15 is 0 Å². The lowest BCUT2D eigenvalue weighted by molar-refractivity contribution is -0.870. The van der Waals surface area contributed by atoms with Crippen molar-refractivity contribution in [2.45, 2.75) is 296 Å². The van der Waals surface area contributed by atoms with E-state index in [1.165, 1.54) is 57.8 Å². The Morgan fingerprint density at radius 3 is 0.748 bits per heavy atom. The van der Waals surface area contributed by atoms with Crippen molar-refractivity contribution in [2.75, 3.05) is 47.5 Å². The number of ether oxygens (including phenoxy) is 4. The van der Waals surface area contributed by atoms with Crippen molar-refractivity contribution in [3.63, 3.8) is 0 Å². The molecule has 0 bridgehead atoms. The summed E-state index contributed by atoms with van der Waals surface area (Å²) in [5, 5.41) is 9.78. The van der Waals surface area contributed by atoms with Crippen LogP contribution in [0.5, 0.6) is 0 Å². The van der Waals surface area contributed by atoms with Crippen molar-refractivity contribution in [3.8, 4) is 0 Å². The third-order valence-corrected chi connectivity index (χ3v) is 16.8. The number of carboxylic acid groups (broad SMARTS) is 1. The van der Waals surface area contributed by atoms with Crippen LogP contribution in [0.4, 0.5) is 0 Å². The number of esters is 2. The molecule has 9 heteroatoms. The third-order valence-electron chi connectivity index (χ3n) is 16.8. The summed E-state index contributed by atoms with van der Waals surface area (Å²) in [5.74, 6) is -2.05. The van der Waals surface area contributed by atoms with Crippen LogP contribution in [0, 0.1) is 0 Å². The van der Waals surface area contributed by atoms with Gasteiger partial charge in [-0.25, -0.2) is 4.79 Å². The molecule has 596 valence electrons. The molecule has 0 spiro atoms. The molecule has 0 aliphatic heterocycles. The van der Waals surface area contributed by atoms with E-state index in [0.29, 0.717) is 17.4 Å². The standard InChI is InChI=1S/C98H151NO8/c1-6-8-10-12-14-16-18-20-22-24-26-28-30-32-34-36-38-40-42-44-46-48-50-52-54-56-58-60-62-64-66-68-70-72-74-76-78-80-82-84-86-88-95(100)105-92-94(93-106-98(97(102)103)104-91-90-99(3,4)5)107-96(101)89-87-85-83-81-79-77-75-73-71-69-67-65-63-61-59-57-55-53-51-49-47-45-43-41-39-37-35-33-31-29-27-25-23-21-19-17-15-13-11-9-7-2/h8-11,14-17,20-23,26-29,32-35,38-41,44-47,50-53,56-59,62-65,69,71,94,98H,6-7,12-13,18-19,24-25,30-31,36-37,42-43,48-49,54-55,60-61,66-68,70,72-93H2,1-5H3/p+1/b10-8-,11-9-,16-14-,17-15-,22-20-,23-21-,28-26-,29-27-,34-32-,35-33-,40-38-,41-39-,46-44-,47-45-,52-50-,53-51-,58-56-,59-57-,64-62-,65-63-,71-69-. The summed E-state index contributed by atoms with van der Waals surface area (Å²) < 4.78 is 23.0. The van der Waals surface area contributed by atoms with E-state index in [1.54, 1.807) is 0 Å². The number of likely N-dealkylation sites (N-methyl/N-ethyl adjacent to an activating group) is 1. The first-order valence-electron chi connectivity index (χ1n) is 41.8. The zero-order chi connectivity index (χ0) is 77.4. The van der Waals surface area contributed by atoms with Crippen LogP contribution < -0.4 is 0 Å². The summed E-state index contributed by atoms with van der Waals surface area (Å²) in [6.45, 7) is 4.61. The van der Waals surface area contributed by atoms with Gasteiger partial charge < -0.3 is 28.5 Å². The second kappa shape index (κ2) is 84.5. The molecule has 0 aromatic rings. The Morgan fingerprint density at radius 2 is 0.505 bits per heavy atom. The smallest absolute Gasteiger partial charge is 0.361 e. The SMILES string of the molecule is CC/C=C\C/C=C\C/C=C\C/C=C\C/C=C\C/C=C\C/C=C\C/C=C\C/C=C\C/C=C\C/C=C\CCCCCCCCCC(=O)OC(COC(=O)CCCCCCCCCCCC/C=C\C/C=C\C/C=C\C/C=C\C/C=C\C/C=C\C/C=C\C/C=C\C/C=C\C/C=C\CC)COC(OCC[N+](C)(C)C)C(=O)O. The molecule has 0 fully saturated rings. The van der Waals surface area contributed by atoms with Crippen LogP contribution in [-0.2, 0) is 33.3 Å². The van der Waals surface area contributed by atoms with Crippen molar-refractivity contribution >= 4 is 17.9 Å². The fourth-order valence-electron chi connectivity index (χ4n) is 10.5. The number of carboxylic acids is 1. The van der Waals surface area contributed by atoms with Crippen molar-refractivity contribution in [1.29, 1.82) is 0 Å². The number of nitrogens with zero attached hydrogens (tertiary/aromatic N) is 1. The van der Waals surface area contributed by atoms with Gasteiger partial charge in [-0.15, -0.1) is 0 Å². The number of aliphatic carboxylic acids is 1. The van der Waals surface area contributed by atoms with Crippen molar-refractivity contribution in [2.24, 2.45) is 0 Å². The Balaban J connectivity index is 4.17. The fraction of sp³-hybridized carbons (Fsp3) is 0.541. The Morgan fingerprint density at radius 1 is 0.280 bits per heavy atom. The number of unbranched alkanes of at least 4 members (excludes halogenated alkanes) is 17. The van der Waals surface area contributed by atoms with E-state index < -0.39 is 24.3 Å². The first-order valence-corrected chi connectivity index (χ1v) is 41.8.